The van der Waals surface area contributed by atoms with E-state index in [-0.39, 0.29) is 17.9 Å². The highest BCUT2D eigenvalue weighted by Gasteiger charge is 2.25. The van der Waals surface area contributed by atoms with Gasteiger partial charge in [-0.25, -0.2) is 4.68 Å². The Morgan fingerprint density at radius 1 is 1.19 bits per heavy atom. The molecule has 0 bridgehead atoms. The van der Waals surface area contributed by atoms with Crippen molar-refractivity contribution >= 4 is 11.8 Å². The maximum absolute atomic E-state index is 12.9. The Labute approximate surface area is 187 Å². The summed E-state index contributed by atoms with van der Waals surface area (Å²) >= 11 is 0. The molecule has 1 saturated heterocycles. The first-order valence-electron chi connectivity index (χ1n) is 11.0. The van der Waals surface area contributed by atoms with Crippen molar-refractivity contribution in [3.63, 3.8) is 0 Å². The van der Waals surface area contributed by atoms with Crippen molar-refractivity contribution in [3.8, 4) is 5.69 Å². The predicted octanol–water partition coefficient (Wildman–Crippen LogP) is 3.41. The van der Waals surface area contributed by atoms with Gasteiger partial charge >= 0.3 is 0 Å². The molecule has 0 aliphatic carbocycles. The minimum absolute atomic E-state index is 0.0570. The zero-order valence-corrected chi connectivity index (χ0v) is 19.0. The van der Waals surface area contributed by atoms with Gasteiger partial charge in [-0.15, -0.1) is 0 Å². The third-order valence-corrected chi connectivity index (χ3v) is 6.03. The highest BCUT2D eigenvalue weighted by atomic mass is 16.5. The Morgan fingerprint density at radius 3 is 2.69 bits per heavy atom. The molecule has 3 aromatic rings. The quantitative estimate of drug-likeness (QED) is 0.663. The number of carbonyl (C=O) groups is 2. The molecule has 168 valence electrons. The van der Waals surface area contributed by atoms with Crippen molar-refractivity contribution in [1.29, 1.82) is 0 Å². The maximum atomic E-state index is 12.9. The number of nitrogens with zero attached hydrogens (tertiary/aromatic N) is 4. The Morgan fingerprint density at radius 2 is 2.00 bits per heavy atom. The normalized spacial score (nSPS) is 16.8. The zero-order valence-electron chi connectivity index (χ0n) is 19.0. The summed E-state index contributed by atoms with van der Waals surface area (Å²) in [5.74, 6) is 0.699. The van der Waals surface area contributed by atoms with E-state index in [0.717, 1.165) is 34.1 Å². The van der Waals surface area contributed by atoms with Gasteiger partial charge in [0.05, 0.1) is 23.6 Å². The van der Waals surface area contributed by atoms with Crippen molar-refractivity contribution < 1.29 is 14.1 Å². The molecule has 1 aliphatic rings. The largest absolute Gasteiger partial charge is 0.361 e. The topological polar surface area (TPSA) is 93.3 Å². The fourth-order valence-corrected chi connectivity index (χ4v) is 4.20. The molecule has 2 aromatic heterocycles. The molecule has 1 aromatic carbocycles. The molecular weight excluding hydrogens is 406 g/mol. The van der Waals surface area contributed by atoms with Crippen LogP contribution in [0.15, 0.2) is 34.9 Å². The second-order valence-corrected chi connectivity index (χ2v) is 8.50. The number of aromatic nitrogens is 3. The monoisotopic (exact) mass is 435 g/mol. The number of amides is 2. The minimum Gasteiger partial charge on any atom is -0.361 e. The molecule has 3 heterocycles. The smallest absolute Gasteiger partial charge is 0.251 e. The van der Waals surface area contributed by atoms with E-state index < -0.39 is 0 Å². The summed E-state index contributed by atoms with van der Waals surface area (Å²) in [4.78, 5) is 27.4. The molecule has 8 nitrogen and oxygen atoms in total. The average molecular weight is 436 g/mol. The van der Waals surface area contributed by atoms with E-state index in [0.29, 0.717) is 37.9 Å². The van der Waals surface area contributed by atoms with Crippen LogP contribution in [0.2, 0.25) is 0 Å². The van der Waals surface area contributed by atoms with E-state index in [9.17, 15) is 9.59 Å². The lowest BCUT2D eigenvalue weighted by Gasteiger charge is -2.21. The molecule has 0 radical (unpaired) electrons. The maximum Gasteiger partial charge on any atom is 0.251 e. The van der Waals surface area contributed by atoms with Gasteiger partial charge in [-0.05, 0) is 64.8 Å². The van der Waals surface area contributed by atoms with Gasteiger partial charge in [-0.1, -0.05) is 11.2 Å². The van der Waals surface area contributed by atoms with Gasteiger partial charge in [-0.3, -0.25) is 9.59 Å². The van der Waals surface area contributed by atoms with Gasteiger partial charge in [0, 0.05) is 35.8 Å². The zero-order chi connectivity index (χ0) is 22.8. The lowest BCUT2D eigenvalue weighted by molar-refractivity contribution is -0.131. The van der Waals surface area contributed by atoms with E-state index in [1.54, 1.807) is 6.07 Å². The first-order chi connectivity index (χ1) is 15.3. The molecule has 4 rings (SSSR count). The van der Waals surface area contributed by atoms with Crippen LogP contribution >= 0.6 is 0 Å². The van der Waals surface area contributed by atoms with Crippen LogP contribution in [-0.2, 0) is 11.3 Å². The van der Waals surface area contributed by atoms with Crippen LogP contribution in [0.3, 0.4) is 0 Å². The molecule has 8 heteroatoms. The van der Waals surface area contributed by atoms with Crippen LogP contribution in [0.1, 0.15) is 58.0 Å². The summed E-state index contributed by atoms with van der Waals surface area (Å²) in [6.45, 7) is 8.76. The highest BCUT2D eigenvalue weighted by molar-refractivity contribution is 5.95. The van der Waals surface area contributed by atoms with Crippen molar-refractivity contribution in [1.82, 2.24) is 25.2 Å². The van der Waals surface area contributed by atoms with Gasteiger partial charge < -0.3 is 14.7 Å². The Hall–Kier alpha value is -3.42. The third-order valence-electron chi connectivity index (χ3n) is 6.03. The van der Waals surface area contributed by atoms with Crippen LogP contribution in [0.25, 0.3) is 5.69 Å². The summed E-state index contributed by atoms with van der Waals surface area (Å²) in [6.07, 6.45) is 1.73. The van der Waals surface area contributed by atoms with E-state index in [1.807, 2.05) is 61.5 Å². The third kappa shape index (κ3) is 4.59. The van der Waals surface area contributed by atoms with Gasteiger partial charge in [0.1, 0.15) is 5.76 Å². The molecule has 1 N–H and O–H groups in total. The van der Waals surface area contributed by atoms with Gasteiger partial charge in [0.25, 0.3) is 5.91 Å². The SMILES string of the molecule is Cc1cc(C)n(-c2cccc(C(=O)NC3CCC(=O)N(Cc4c(C)noc4C)CC3)c2)n1. The van der Waals surface area contributed by atoms with Crippen LogP contribution in [0.5, 0.6) is 0 Å². The molecule has 1 aliphatic heterocycles. The molecular formula is C24H29N5O3. The van der Waals surface area contributed by atoms with Crippen molar-refractivity contribution in [2.45, 2.75) is 59.5 Å². The molecule has 0 saturated carbocycles. The van der Waals surface area contributed by atoms with Crippen LogP contribution in [0.4, 0.5) is 0 Å². The molecule has 0 spiro atoms. The summed E-state index contributed by atoms with van der Waals surface area (Å²) in [6, 6.07) is 9.40. The second kappa shape index (κ2) is 8.98. The number of hydrogen-bond donors (Lipinski definition) is 1. The fraction of sp³-hybridized carbons (Fsp3) is 0.417. The van der Waals surface area contributed by atoms with Crippen LogP contribution < -0.4 is 5.32 Å². The first-order valence-corrected chi connectivity index (χ1v) is 11.0. The van der Waals surface area contributed by atoms with E-state index in [4.69, 9.17) is 4.52 Å². The van der Waals surface area contributed by atoms with Gasteiger partial charge in [0.2, 0.25) is 5.91 Å². The standard InChI is InChI=1S/C24H29N5O3/c1-15-12-16(2)29(26-15)21-7-5-6-19(13-21)24(31)25-20-8-9-23(30)28(11-10-20)14-22-17(3)27-32-18(22)4/h5-7,12-13,20H,8-11,14H2,1-4H3,(H,25,31). The molecule has 1 atom stereocenters. The number of carbonyl (C=O) groups excluding carboxylic acids is 2. The first kappa shape index (κ1) is 21.8. The number of nitrogens with one attached hydrogen (secondary N) is 1. The fourth-order valence-electron chi connectivity index (χ4n) is 4.20. The van der Waals surface area contributed by atoms with Crippen molar-refractivity contribution in [3.05, 3.63) is 64.3 Å². The van der Waals surface area contributed by atoms with Crippen molar-refractivity contribution in [2.75, 3.05) is 6.54 Å². The summed E-state index contributed by atoms with van der Waals surface area (Å²) in [5, 5.41) is 11.6. The number of hydrogen-bond acceptors (Lipinski definition) is 5. The Kier molecular flexibility index (Phi) is 6.12. The lowest BCUT2D eigenvalue weighted by atomic mass is 10.1. The molecule has 1 fully saturated rings. The number of aryl methyl sites for hydroxylation is 4. The van der Waals surface area contributed by atoms with Gasteiger partial charge in [0.15, 0.2) is 0 Å². The minimum atomic E-state index is -0.134. The number of rotatable bonds is 5. The predicted molar refractivity (Wildman–Crippen MR) is 120 cm³/mol. The Bertz CT molecular complexity index is 1130. The van der Waals surface area contributed by atoms with E-state index >= 15 is 0 Å². The highest BCUT2D eigenvalue weighted by Crippen LogP contribution is 2.20. The van der Waals surface area contributed by atoms with E-state index in [2.05, 4.69) is 15.6 Å². The van der Waals surface area contributed by atoms with Crippen LogP contribution in [0, 0.1) is 27.7 Å². The molecule has 1 unspecified atom stereocenters. The van der Waals surface area contributed by atoms with E-state index in [1.165, 1.54) is 0 Å². The Balaban J connectivity index is 1.41. The molecule has 2 amide bonds. The van der Waals surface area contributed by atoms with Crippen LogP contribution in [-0.4, -0.2) is 44.2 Å². The van der Waals surface area contributed by atoms with Gasteiger partial charge in [-0.2, -0.15) is 5.10 Å². The van der Waals surface area contributed by atoms with Crippen molar-refractivity contribution in [2.24, 2.45) is 0 Å². The lowest BCUT2D eigenvalue weighted by Crippen LogP contribution is -2.36. The number of benzene rings is 1. The summed E-state index contributed by atoms with van der Waals surface area (Å²) in [7, 11) is 0. The molecule has 32 heavy (non-hydrogen) atoms. The average Bonchev–Trinajstić information content (AvgIpc) is 3.21. The number of likely N-dealkylation sites (tertiary alicyclic amines) is 1. The summed E-state index contributed by atoms with van der Waals surface area (Å²) in [5.41, 5.74) is 5.15. The second-order valence-electron chi connectivity index (χ2n) is 8.50. The summed E-state index contributed by atoms with van der Waals surface area (Å²) < 4.78 is 7.06.